The van der Waals surface area contributed by atoms with Gasteiger partial charge in [0.25, 0.3) is 0 Å². The van der Waals surface area contributed by atoms with Crippen molar-refractivity contribution in [2.45, 2.75) is 52.0 Å². The molecule has 3 atom stereocenters. The van der Waals surface area contributed by atoms with E-state index >= 15 is 0 Å². The van der Waals surface area contributed by atoms with Crippen LogP contribution < -0.4 is 11.1 Å². The molecule has 1 aliphatic rings. The molecule has 1 aromatic rings. The molecule has 35 heavy (non-hydrogen) atoms. The van der Waals surface area contributed by atoms with Gasteiger partial charge in [0.05, 0.1) is 11.9 Å². The number of likely N-dealkylation sites (tertiary alicyclic amines) is 1. The maximum atomic E-state index is 13.3. The number of nitrogens with zero attached hydrogens (tertiary/aromatic N) is 1. The first kappa shape index (κ1) is 28.7. The second-order valence-electron chi connectivity index (χ2n) is 9.38. The highest BCUT2D eigenvalue weighted by molar-refractivity contribution is 9.10. The number of halogens is 2. The number of amides is 1. The van der Waals surface area contributed by atoms with Crippen LogP contribution >= 0.6 is 15.9 Å². The highest BCUT2D eigenvalue weighted by Gasteiger charge is 2.42. The number of rotatable bonds is 15. The largest absolute Gasteiger partial charge is 0.386 e. The first-order chi connectivity index (χ1) is 16.5. The normalized spacial score (nSPS) is 16.8. The van der Waals surface area contributed by atoms with E-state index in [9.17, 15) is 23.6 Å². The molecule has 0 radical (unpaired) electrons. The smallest absolute Gasteiger partial charge is 0.227 e. The Morgan fingerprint density at radius 3 is 2.37 bits per heavy atom. The van der Waals surface area contributed by atoms with Gasteiger partial charge in [-0.2, -0.15) is 0 Å². The van der Waals surface area contributed by atoms with E-state index in [0.29, 0.717) is 43.7 Å². The Bertz CT molecular complexity index is 935. The zero-order valence-electron chi connectivity index (χ0n) is 20.4. The lowest BCUT2D eigenvalue weighted by atomic mass is 9.83. The standard InChI is InChI=1S/C26H35BrFN3O4/c1-16(2)21(14-23(32)18-6-8-20(27)9-7-18)26(35)31-12-10-22(31)24(33)13-19(25(34)15-28)5-4-11-30-17(3)29/h6-9,16,19,21-22,30H,3-5,10-15,29H2,1-2H3/t19-,21+,22+/m1/s1. The van der Waals surface area contributed by atoms with Crippen LogP contribution in [0.3, 0.4) is 0 Å². The molecular formula is C26H35BrFN3O4. The lowest BCUT2D eigenvalue weighted by Crippen LogP contribution is -2.57. The Hall–Kier alpha value is -2.55. The van der Waals surface area contributed by atoms with Gasteiger partial charge in [-0.05, 0) is 37.3 Å². The van der Waals surface area contributed by atoms with Crippen LogP contribution in [0.2, 0.25) is 0 Å². The summed E-state index contributed by atoms with van der Waals surface area (Å²) >= 11 is 3.34. The van der Waals surface area contributed by atoms with Crippen molar-refractivity contribution < 1.29 is 23.6 Å². The van der Waals surface area contributed by atoms with Gasteiger partial charge < -0.3 is 16.0 Å². The summed E-state index contributed by atoms with van der Waals surface area (Å²) in [6.45, 7) is 7.06. The van der Waals surface area contributed by atoms with Crippen molar-refractivity contribution in [3.05, 3.63) is 46.7 Å². The van der Waals surface area contributed by atoms with Crippen molar-refractivity contribution in [1.29, 1.82) is 0 Å². The van der Waals surface area contributed by atoms with Gasteiger partial charge >= 0.3 is 0 Å². The molecule has 0 bridgehead atoms. The van der Waals surface area contributed by atoms with Crippen molar-refractivity contribution >= 4 is 39.2 Å². The fourth-order valence-electron chi connectivity index (χ4n) is 4.22. The number of hydrogen-bond acceptors (Lipinski definition) is 6. The molecule has 192 valence electrons. The molecule has 0 unspecified atom stereocenters. The van der Waals surface area contributed by atoms with E-state index in [1.54, 1.807) is 24.3 Å². The summed E-state index contributed by atoms with van der Waals surface area (Å²) in [5, 5.41) is 2.84. The van der Waals surface area contributed by atoms with Gasteiger partial charge in [-0.1, -0.05) is 48.5 Å². The molecule has 1 amide bonds. The van der Waals surface area contributed by atoms with Crippen LogP contribution in [0.15, 0.2) is 41.1 Å². The van der Waals surface area contributed by atoms with Crippen molar-refractivity contribution in [1.82, 2.24) is 10.2 Å². The predicted molar refractivity (Wildman–Crippen MR) is 136 cm³/mol. The number of nitrogens with one attached hydrogen (secondary N) is 1. The number of carbonyl (C=O) groups is 4. The SMILES string of the molecule is C=C(N)NCCC[C@H](CC(=O)[C@@H]1CCN1C(=O)[C@@H](CC(=O)c1ccc(Br)cc1)C(C)C)C(=O)CF. The number of ketones is 3. The van der Waals surface area contributed by atoms with Crippen LogP contribution in [0, 0.1) is 17.8 Å². The topological polar surface area (TPSA) is 110 Å². The van der Waals surface area contributed by atoms with Gasteiger partial charge in [0.1, 0.15) is 6.67 Å². The van der Waals surface area contributed by atoms with E-state index in [0.717, 1.165) is 4.47 Å². The third kappa shape index (κ3) is 8.26. The van der Waals surface area contributed by atoms with Crippen molar-refractivity contribution in [2.24, 2.45) is 23.5 Å². The minimum Gasteiger partial charge on any atom is -0.386 e. The molecule has 0 saturated carbocycles. The van der Waals surface area contributed by atoms with Gasteiger partial charge in [-0.15, -0.1) is 0 Å². The Labute approximate surface area is 214 Å². The quantitative estimate of drug-likeness (QED) is 0.253. The van der Waals surface area contributed by atoms with E-state index < -0.39 is 30.3 Å². The maximum Gasteiger partial charge on any atom is 0.227 e. The number of carbonyl (C=O) groups excluding carboxylic acids is 4. The third-order valence-electron chi connectivity index (χ3n) is 6.48. The number of hydrogen-bond donors (Lipinski definition) is 2. The van der Waals surface area contributed by atoms with E-state index in [-0.39, 0.29) is 36.2 Å². The molecule has 1 aromatic carbocycles. The number of nitrogens with two attached hydrogens (primary N) is 1. The molecule has 1 fully saturated rings. The molecule has 0 aliphatic carbocycles. The summed E-state index contributed by atoms with van der Waals surface area (Å²) in [7, 11) is 0. The molecule has 2 rings (SSSR count). The first-order valence-corrected chi connectivity index (χ1v) is 12.7. The Morgan fingerprint density at radius 2 is 1.86 bits per heavy atom. The van der Waals surface area contributed by atoms with E-state index in [4.69, 9.17) is 5.73 Å². The fraction of sp³-hybridized carbons (Fsp3) is 0.538. The summed E-state index contributed by atoms with van der Waals surface area (Å²) in [5.41, 5.74) is 5.98. The summed E-state index contributed by atoms with van der Waals surface area (Å²) in [5.74, 6) is -2.29. The van der Waals surface area contributed by atoms with E-state index in [2.05, 4.69) is 27.8 Å². The molecule has 1 heterocycles. The minimum absolute atomic E-state index is 0.0535. The second-order valence-corrected chi connectivity index (χ2v) is 10.3. The van der Waals surface area contributed by atoms with Crippen LogP contribution in [0.25, 0.3) is 0 Å². The average Bonchev–Trinajstić information content (AvgIpc) is 2.77. The van der Waals surface area contributed by atoms with Crippen LogP contribution in [0.1, 0.15) is 56.3 Å². The summed E-state index contributed by atoms with van der Waals surface area (Å²) in [6.07, 6.45) is 1.32. The lowest BCUT2D eigenvalue weighted by molar-refractivity contribution is -0.151. The van der Waals surface area contributed by atoms with Gasteiger partial charge in [0, 0.05) is 47.8 Å². The maximum absolute atomic E-state index is 13.3. The van der Waals surface area contributed by atoms with Gasteiger partial charge in [-0.3, -0.25) is 19.2 Å². The number of Topliss-reactive ketones (excluding diaryl/α,β-unsaturated/α-hetero) is 3. The monoisotopic (exact) mass is 551 g/mol. The van der Waals surface area contributed by atoms with Crippen LogP contribution in [-0.2, 0) is 14.4 Å². The van der Waals surface area contributed by atoms with Gasteiger partial charge in [-0.25, -0.2) is 4.39 Å². The van der Waals surface area contributed by atoms with Gasteiger partial charge in [0.2, 0.25) is 5.91 Å². The zero-order chi connectivity index (χ0) is 26.1. The second kappa shape index (κ2) is 13.5. The Kier molecular flexibility index (Phi) is 11.1. The van der Waals surface area contributed by atoms with Crippen molar-refractivity contribution in [2.75, 3.05) is 19.8 Å². The summed E-state index contributed by atoms with van der Waals surface area (Å²) in [4.78, 5) is 52.7. The van der Waals surface area contributed by atoms with E-state index in [1.165, 1.54) is 4.90 Å². The number of benzene rings is 1. The molecule has 9 heteroatoms. The zero-order valence-corrected chi connectivity index (χ0v) is 22.0. The predicted octanol–water partition coefficient (Wildman–Crippen LogP) is 3.81. The molecule has 7 nitrogen and oxygen atoms in total. The third-order valence-corrected chi connectivity index (χ3v) is 7.01. The summed E-state index contributed by atoms with van der Waals surface area (Å²) in [6, 6.07) is 6.35. The number of alkyl halides is 1. The van der Waals surface area contributed by atoms with E-state index in [1.807, 2.05) is 13.8 Å². The Balaban J connectivity index is 2.01. The first-order valence-electron chi connectivity index (χ1n) is 11.9. The van der Waals surface area contributed by atoms with Crippen LogP contribution in [-0.4, -0.2) is 54.0 Å². The average molecular weight is 552 g/mol. The Morgan fingerprint density at radius 1 is 1.20 bits per heavy atom. The van der Waals surface area contributed by atoms with Gasteiger partial charge in [0.15, 0.2) is 17.3 Å². The molecule has 0 aromatic heterocycles. The van der Waals surface area contributed by atoms with Crippen LogP contribution in [0.4, 0.5) is 4.39 Å². The van der Waals surface area contributed by atoms with Crippen molar-refractivity contribution in [3.8, 4) is 0 Å². The highest BCUT2D eigenvalue weighted by Crippen LogP contribution is 2.29. The van der Waals surface area contributed by atoms with Crippen LogP contribution in [0.5, 0.6) is 0 Å². The molecule has 0 spiro atoms. The molecule has 1 aliphatic heterocycles. The highest BCUT2D eigenvalue weighted by atomic mass is 79.9. The molecule has 3 N–H and O–H groups in total. The fourth-order valence-corrected chi connectivity index (χ4v) is 4.49. The van der Waals surface area contributed by atoms with Crippen molar-refractivity contribution in [3.63, 3.8) is 0 Å². The lowest BCUT2D eigenvalue weighted by Gasteiger charge is -2.42. The minimum atomic E-state index is -1.13. The summed E-state index contributed by atoms with van der Waals surface area (Å²) < 4.78 is 14.0. The molecule has 1 saturated heterocycles. The molecular weight excluding hydrogens is 517 g/mol.